The summed E-state index contributed by atoms with van der Waals surface area (Å²) in [5.41, 5.74) is 10.00. The number of likely N-dealkylation sites (tertiary alicyclic amines) is 1. The maximum atomic E-state index is 10.2. The first-order chi connectivity index (χ1) is 8.53. The first-order valence-electron chi connectivity index (χ1n) is 6.08. The van der Waals surface area contributed by atoms with Crippen LogP contribution in [-0.2, 0) is 6.54 Å². The van der Waals surface area contributed by atoms with Crippen molar-refractivity contribution in [1.29, 1.82) is 0 Å². The summed E-state index contributed by atoms with van der Waals surface area (Å²) in [5, 5.41) is 13.8. The average Bonchev–Trinajstić information content (AvgIpc) is 2.30. The zero-order valence-corrected chi connectivity index (χ0v) is 10.7. The second-order valence-electron chi connectivity index (χ2n) is 5.12. The minimum atomic E-state index is -0.864. The van der Waals surface area contributed by atoms with Gasteiger partial charge in [-0.05, 0) is 18.0 Å². The van der Waals surface area contributed by atoms with Crippen LogP contribution in [0.25, 0.3) is 10.4 Å². The summed E-state index contributed by atoms with van der Waals surface area (Å²) < 4.78 is 0. The largest absolute Gasteiger partial charge is 0.387 e. The van der Waals surface area contributed by atoms with Crippen molar-refractivity contribution in [3.63, 3.8) is 0 Å². The van der Waals surface area contributed by atoms with Gasteiger partial charge in [-0.1, -0.05) is 41.9 Å². The van der Waals surface area contributed by atoms with Crippen molar-refractivity contribution in [2.24, 2.45) is 5.11 Å². The lowest BCUT2D eigenvalue weighted by Crippen LogP contribution is -2.65. The fourth-order valence-corrected chi connectivity index (χ4v) is 2.24. The van der Waals surface area contributed by atoms with E-state index in [4.69, 9.17) is 5.53 Å². The second-order valence-corrected chi connectivity index (χ2v) is 5.12. The Hall–Kier alpha value is -1.55. The lowest BCUT2D eigenvalue weighted by molar-refractivity contribution is -0.113. The van der Waals surface area contributed by atoms with Crippen LogP contribution in [-0.4, -0.2) is 34.7 Å². The van der Waals surface area contributed by atoms with Gasteiger partial charge in [-0.2, -0.15) is 0 Å². The zero-order chi connectivity index (χ0) is 13.2. The fourth-order valence-electron chi connectivity index (χ4n) is 2.24. The van der Waals surface area contributed by atoms with Crippen LogP contribution in [0, 0.1) is 6.92 Å². The van der Waals surface area contributed by atoms with Crippen molar-refractivity contribution < 1.29 is 5.11 Å². The molecule has 0 aromatic heterocycles. The normalized spacial score (nSPS) is 19.7. The van der Waals surface area contributed by atoms with E-state index in [1.54, 1.807) is 6.92 Å². The molecule has 1 unspecified atom stereocenters. The standard InChI is InChI=1S/C13H18N4O/c1-10-3-5-12(6-4-10)7-17-8-13(18,9-17)11(2)15-16-14/h3-6,11,18H,7-9H2,1-2H3. The van der Waals surface area contributed by atoms with E-state index in [0.717, 1.165) is 6.54 Å². The first-order valence-corrected chi connectivity index (χ1v) is 6.08. The Labute approximate surface area is 107 Å². The summed E-state index contributed by atoms with van der Waals surface area (Å²) in [6, 6.07) is 8.00. The predicted molar refractivity (Wildman–Crippen MR) is 70.0 cm³/mol. The van der Waals surface area contributed by atoms with Crippen LogP contribution in [0.5, 0.6) is 0 Å². The van der Waals surface area contributed by atoms with Crippen LogP contribution in [0.15, 0.2) is 29.4 Å². The number of aliphatic hydroxyl groups is 1. The third kappa shape index (κ3) is 2.64. The van der Waals surface area contributed by atoms with E-state index in [0.29, 0.717) is 13.1 Å². The Kier molecular flexibility index (Phi) is 3.57. The van der Waals surface area contributed by atoms with Crippen LogP contribution in [0.3, 0.4) is 0 Å². The lowest BCUT2D eigenvalue weighted by atomic mass is 9.87. The molecule has 0 saturated carbocycles. The highest BCUT2D eigenvalue weighted by molar-refractivity contribution is 5.21. The number of hydrogen-bond acceptors (Lipinski definition) is 3. The fraction of sp³-hybridized carbons (Fsp3) is 0.538. The van der Waals surface area contributed by atoms with Gasteiger partial charge in [-0.3, -0.25) is 4.90 Å². The third-order valence-corrected chi connectivity index (χ3v) is 3.52. The summed E-state index contributed by atoms with van der Waals surface area (Å²) >= 11 is 0. The zero-order valence-electron chi connectivity index (χ0n) is 10.7. The molecule has 1 fully saturated rings. The molecule has 1 aromatic carbocycles. The van der Waals surface area contributed by atoms with Crippen LogP contribution in [0.4, 0.5) is 0 Å². The lowest BCUT2D eigenvalue weighted by Gasteiger charge is -2.48. The molecule has 0 amide bonds. The topological polar surface area (TPSA) is 72.2 Å². The number of β-amino-alcohol motifs (C(OH)–C–C–N with tert-alkyl or cyclic N) is 1. The molecule has 1 N–H and O–H groups in total. The summed E-state index contributed by atoms with van der Waals surface area (Å²) in [5.74, 6) is 0. The Morgan fingerprint density at radius 1 is 1.44 bits per heavy atom. The highest BCUT2D eigenvalue weighted by Gasteiger charge is 2.44. The Morgan fingerprint density at radius 2 is 2.06 bits per heavy atom. The molecule has 96 valence electrons. The summed E-state index contributed by atoms with van der Waals surface area (Å²) in [4.78, 5) is 4.90. The molecule has 0 bridgehead atoms. The Morgan fingerprint density at radius 3 is 2.61 bits per heavy atom. The van der Waals surface area contributed by atoms with Gasteiger partial charge in [0.2, 0.25) is 0 Å². The van der Waals surface area contributed by atoms with Crippen molar-refractivity contribution in [3.8, 4) is 0 Å². The molecule has 1 heterocycles. The smallest absolute Gasteiger partial charge is 0.0982 e. The number of nitrogens with zero attached hydrogens (tertiary/aromatic N) is 4. The molecule has 18 heavy (non-hydrogen) atoms. The number of hydrogen-bond donors (Lipinski definition) is 1. The molecule has 5 nitrogen and oxygen atoms in total. The van der Waals surface area contributed by atoms with E-state index in [-0.39, 0.29) is 6.04 Å². The molecule has 1 atom stereocenters. The van der Waals surface area contributed by atoms with Crippen LogP contribution >= 0.6 is 0 Å². The number of rotatable bonds is 4. The Bertz CT molecular complexity index is 458. The monoisotopic (exact) mass is 246 g/mol. The van der Waals surface area contributed by atoms with Gasteiger partial charge in [0.15, 0.2) is 0 Å². The van der Waals surface area contributed by atoms with Gasteiger partial charge >= 0.3 is 0 Å². The van der Waals surface area contributed by atoms with Gasteiger partial charge in [0.25, 0.3) is 0 Å². The molecule has 0 spiro atoms. The van der Waals surface area contributed by atoms with Gasteiger partial charge in [0.1, 0.15) is 0 Å². The van der Waals surface area contributed by atoms with Crippen molar-refractivity contribution in [2.75, 3.05) is 13.1 Å². The summed E-state index contributed by atoms with van der Waals surface area (Å²) in [6.07, 6.45) is 0. The molecular weight excluding hydrogens is 228 g/mol. The van der Waals surface area contributed by atoms with Crippen molar-refractivity contribution in [3.05, 3.63) is 45.8 Å². The van der Waals surface area contributed by atoms with E-state index < -0.39 is 5.60 Å². The van der Waals surface area contributed by atoms with E-state index in [1.165, 1.54) is 11.1 Å². The van der Waals surface area contributed by atoms with Crippen LogP contribution in [0.1, 0.15) is 18.1 Å². The maximum absolute atomic E-state index is 10.2. The van der Waals surface area contributed by atoms with Gasteiger partial charge in [0, 0.05) is 24.5 Å². The molecule has 1 aliphatic heterocycles. The van der Waals surface area contributed by atoms with E-state index in [9.17, 15) is 5.11 Å². The van der Waals surface area contributed by atoms with Gasteiger partial charge in [0.05, 0.1) is 11.6 Å². The molecule has 0 aliphatic carbocycles. The molecule has 0 radical (unpaired) electrons. The highest BCUT2D eigenvalue weighted by atomic mass is 16.3. The molecule has 1 aromatic rings. The molecule has 2 rings (SSSR count). The number of benzene rings is 1. The molecular formula is C13H18N4O. The quantitative estimate of drug-likeness (QED) is 0.502. The molecule has 1 aliphatic rings. The predicted octanol–water partition coefficient (Wildman–Crippen LogP) is 2.24. The maximum Gasteiger partial charge on any atom is 0.0982 e. The second kappa shape index (κ2) is 4.98. The average molecular weight is 246 g/mol. The van der Waals surface area contributed by atoms with Crippen molar-refractivity contribution >= 4 is 0 Å². The molecule has 1 saturated heterocycles. The van der Waals surface area contributed by atoms with Crippen LogP contribution in [0.2, 0.25) is 0 Å². The van der Waals surface area contributed by atoms with E-state index in [1.807, 2.05) is 0 Å². The first kappa shape index (κ1) is 12.9. The Balaban J connectivity index is 1.89. The van der Waals surface area contributed by atoms with Crippen molar-refractivity contribution in [2.45, 2.75) is 32.0 Å². The minimum absolute atomic E-state index is 0.378. The minimum Gasteiger partial charge on any atom is -0.387 e. The number of azide groups is 1. The third-order valence-electron chi connectivity index (χ3n) is 3.52. The SMILES string of the molecule is Cc1ccc(CN2CC(O)(C(C)N=[N+]=[N-])C2)cc1. The number of aryl methyl sites for hydroxylation is 1. The van der Waals surface area contributed by atoms with Crippen LogP contribution < -0.4 is 0 Å². The highest BCUT2D eigenvalue weighted by Crippen LogP contribution is 2.28. The van der Waals surface area contributed by atoms with Crippen molar-refractivity contribution in [1.82, 2.24) is 4.90 Å². The van der Waals surface area contributed by atoms with E-state index in [2.05, 4.69) is 46.1 Å². The summed E-state index contributed by atoms with van der Waals surface area (Å²) in [6.45, 7) is 5.75. The van der Waals surface area contributed by atoms with Gasteiger partial charge < -0.3 is 5.11 Å². The van der Waals surface area contributed by atoms with Gasteiger partial charge in [-0.25, -0.2) is 0 Å². The molecule has 5 heteroatoms. The van der Waals surface area contributed by atoms with Gasteiger partial charge in [-0.15, -0.1) is 0 Å². The van der Waals surface area contributed by atoms with E-state index >= 15 is 0 Å². The summed E-state index contributed by atoms with van der Waals surface area (Å²) in [7, 11) is 0.